The van der Waals surface area contributed by atoms with E-state index >= 15 is 0 Å². The Morgan fingerprint density at radius 3 is 2.37 bits per heavy atom. The number of unbranched alkanes of at least 4 members (excludes halogenated alkanes) is 1. The second kappa shape index (κ2) is 12.9. The molecule has 2 aromatic rings. The quantitative estimate of drug-likeness (QED) is 0.260. The molecule has 1 atom stereocenters. The molecule has 1 aliphatic carbocycles. The maximum atomic E-state index is 12.9. The van der Waals surface area contributed by atoms with Crippen molar-refractivity contribution in [1.82, 2.24) is 0 Å². The first-order valence-corrected chi connectivity index (χ1v) is 13.6. The Hall–Kier alpha value is -2.62. The van der Waals surface area contributed by atoms with E-state index in [4.69, 9.17) is 4.74 Å². The molecule has 0 radical (unpaired) electrons. The molecule has 190 valence electrons. The van der Waals surface area contributed by atoms with E-state index in [-0.39, 0.29) is 11.9 Å². The van der Waals surface area contributed by atoms with Crippen LogP contribution in [0.25, 0.3) is 11.1 Å². The van der Waals surface area contributed by atoms with Crippen molar-refractivity contribution in [3.8, 4) is 16.9 Å². The van der Waals surface area contributed by atoms with E-state index in [1.165, 1.54) is 12.8 Å². The van der Waals surface area contributed by atoms with Gasteiger partial charge in [0.15, 0.2) is 0 Å². The summed E-state index contributed by atoms with van der Waals surface area (Å²) in [5.41, 5.74) is 4.44. The second-order valence-corrected chi connectivity index (χ2v) is 10.3. The predicted molar refractivity (Wildman–Crippen MR) is 142 cm³/mol. The molecule has 0 saturated heterocycles. The lowest BCUT2D eigenvalue weighted by Crippen LogP contribution is -2.25. The number of hydrogen-bond donors (Lipinski definition) is 1. The molecule has 0 aromatic heterocycles. The van der Waals surface area contributed by atoms with Crippen molar-refractivity contribution in [2.75, 3.05) is 0 Å². The number of rotatable bonds is 11. The number of carboxylic acids is 1. The van der Waals surface area contributed by atoms with Gasteiger partial charge in [-0.2, -0.15) is 0 Å². The lowest BCUT2D eigenvalue weighted by atomic mass is 9.80. The number of esters is 1. The van der Waals surface area contributed by atoms with Gasteiger partial charge in [-0.15, -0.1) is 0 Å². The fourth-order valence-corrected chi connectivity index (χ4v) is 5.50. The minimum Gasteiger partial charge on any atom is -0.478 e. The van der Waals surface area contributed by atoms with E-state index in [1.807, 2.05) is 37.3 Å². The van der Waals surface area contributed by atoms with Crippen LogP contribution in [0.3, 0.4) is 0 Å². The molecule has 4 nitrogen and oxygen atoms in total. The molecular weight excluding hydrogens is 436 g/mol. The zero-order valence-corrected chi connectivity index (χ0v) is 21.9. The molecule has 0 heterocycles. The summed E-state index contributed by atoms with van der Waals surface area (Å²) in [7, 11) is 0. The molecule has 1 N–H and O–H groups in total. The van der Waals surface area contributed by atoms with Crippen LogP contribution >= 0.6 is 0 Å². The summed E-state index contributed by atoms with van der Waals surface area (Å²) in [5.74, 6) is 0.687. The van der Waals surface area contributed by atoms with Gasteiger partial charge in [0.2, 0.25) is 0 Å². The van der Waals surface area contributed by atoms with Crippen LogP contribution in [0.4, 0.5) is 0 Å². The summed E-state index contributed by atoms with van der Waals surface area (Å²) >= 11 is 0. The largest absolute Gasteiger partial charge is 0.478 e. The maximum absolute atomic E-state index is 12.9. The van der Waals surface area contributed by atoms with Gasteiger partial charge < -0.3 is 9.84 Å². The summed E-state index contributed by atoms with van der Waals surface area (Å²) < 4.78 is 5.91. The van der Waals surface area contributed by atoms with E-state index < -0.39 is 5.97 Å². The minimum atomic E-state index is -0.893. The van der Waals surface area contributed by atoms with Gasteiger partial charge in [-0.05, 0) is 90.8 Å². The molecule has 4 heteroatoms. The highest BCUT2D eigenvalue weighted by atomic mass is 16.5. The molecule has 1 aliphatic rings. The van der Waals surface area contributed by atoms with Gasteiger partial charge in [-0.25, -0.2) is 4.79 Å². The van der Waals surface area contributed by atoms with Gasteiger partial charge in [0.25, 0.3) is 0 Å². The van der Waals surface area contributed by atoms with Crippen molar-refractivity contribution in [2.24, 2.45) is 11.8 Å². The summed E-state index contributed by atoms with van der Waals surface area (Å²) in [6, 6.07) is 11.6. The van der Waals surface area contributed by atoms with E-state index in [1.54, 1.807) is 6.07 Å². The smallest absolute Gasteiger partial charge is 0.335 e. The summed E-state index contributed by atoms with van der Waals surface area (Å²) in [6.07, 6.45) is 10.5. The molecule has 0 spiro atoms. The van der Waals surface area contributed by atoms with Crippen LogP contribution in [0.5, 0.6) is 5.75 Å². The highest BCUT2D eigenvalue weighted by Crippen LogP contribution is 2.37. The van der Waals surface area contributed by atoms with E-state index in [9.17, 15) is 14.7 Å². The fourth-order valence-electron chi connectivity index (χ4n) is 5.50. The van der Waals surface area contributed by atoms with Gasteiger partial charge in [0.05, 0.1) is 11.5 Å². The zero-order chi connectivity index (χ0) is 25.4. The molecule has 1 saturated carbocycles. The number of carbonyl (C=O) groups is 2. The molecule has 3 rings (SSSR count). The number of hydrogen-bond acceptors (Lipinski definition) is 3. The number of carboxylic acid groups (broad SMARTS) is 1. The Bertz CT molecular complexity index is 1000. The Morgan fingerprint density at radius 2 is 1.74 bits per heavy atom. The molecule has 35 heavy (non-hydrogen) atoms. The average molecular weight is 479 g/mol. The van der Waals surface area contributed by atoms with Crippen LogP contribution in [-0.4, -0.2) is 17.0 Å². The fraction of sp³-hybridized carbons (Fsp3) is 0.548. The van der Waals surface area contributed by atoms with Crippen molar-refractivity contribution in [1.29, 1.82) is 0 Å². The number of carbonyl (C=O) groups excluding carboxylic acids is 1. The third-order valence-electron chi connectivity index (χ3n) is 7.67. The van der Waals surface area contributed by atoms with Gasteiger partial charge in [0.1, 0.15) is 5.75 Å². The van der Waals surface area contributed by atoms with E-state index in [2.05, 4.69) is 20.8 Å². The first-order chi connectivity index (χ1) is 16.9. The lowest BCUT2D eigenvalue weighted by Gasteiger charge is -2.27. The van der Waals surface area contributed by atoms with Crippen molar-refractivity contribution in [3.05, 3.63) is 53.1 Å². The third kappa shape index (κ3) is 6.96. The molecule has 0 amide bonds. The first-order valence-electron chi connectivity index (χ1n) is 13.6. The lowest BCUT2D eigenvalue weighted by molar-refractivity contribution is -0.140. The molecular formula is C31H42O4. The Balaban J connectivity index is 1.86. The molecule has 0 aliphatic heterocycles. The SMILES string of the molecule is CCCC[C@@H](C)c1cc(OC(=O)C2CCC(CCC)CC2)ccc1-c1ccc(C(=O)O)c(CC)c1. The molecule has 0 unspecified atom stereocenters. The summed E-state index contributed by atoms with van der Waals surface area (Å²) in [6.45, 7) is 8.63. The third-order valence-corrected chi connectivity index (χ3v) is 7.67. The van der Waals surface area contributed by atoms with Crippen LogP contribution in [0.1, 0.15) is 113 Å². The number of aromatic carboxylic acids is 1. The number of benzene rings is 2. The van der Waals surface area contributed by atoms with Gasteiger partial charge in [0, 0.05) is 0 Å². The van der Waals surface area contributed by atoms with Crippen molar-refractivity contribution in [2.45, 2.75) is 97.8 Å². The highest BCUT2D eigenvalue weighted by molar-refractivity contribution is 5.90. The molecule has 0 bridgehead atoms. The topological polar surface area (TPSA) is 63.6 Å². The molecule has 1 fully saturated rings. The standard InChI is InChI=1S/C31H42O4/c1-5-8-10-21(4)29-20-26(35-31(34)24-13-11-22(9-6-2)12-14-24)16-18-27(29)25-15-17-28(30(32)33)23(7-3)19-25/h15-22,24H,5-14H2,1-4H3,(H,32,33)/t21-,22?,24?/m1/s1. The van der Waals surface area contributed by atoms with Crippen LogP contribution in [0.2, 0.25) is 0 Å². The zero-order valence-electron chi connectivity index (χ0n) is 21.9. The molecule has 2 aromatic carbocycles. The van der Waals surface area contributed by atoms with Gasteiger partial charge >= 0.3 is 11.9 Å². The van der Waals surface area contributed by atoms with E-state index in [0.29, 0.717) is 23.7 Å². The second-order valence-electron chi connectivity index (χ2n) is 10.3. The van der Waals surface area contributed by atoms with Crippen molar-refractivity contribution < 1.29 is 19.4 Å². The van der Waals surface area contributed by atoms with Gasteiger partial charge in [-0.3, -0.25) is 4.79 Å². The van der Waals surface area contributed by atoms with Crippen LogP contribution in [0, 0.1) is 11.8 Å². The monoisotopic (exact) mass is 478 g/mol. The average Bonchev–Trinajstić information content (AvgIpc) is 2.87. The van der Waals surface area contributed by atoms with Crippen LogP contribution in [-0.2, 0) is 11.2 Å². The van der Waals surface area contributed by atoms with E-state index in [0.717, 1.165) is 73.1 Å². The predicted octanol–water partition coefficient (Wildman–Crippen LogP) is 8.42. The highest BCUT2D eigenvalue weighted by Gasteiger charge is 2.27. The Morgan fingerprint density at radius 1 is 1.00 bits per heavy atom. The normalized spacial score (nSPS) is 18.7. The number of aryl methyl sites for hydroxylation is 1. The maximum Gasteiger partial charge on any atom is 0.335 e. The minimum absolute atomic E-state index is 0.000534. The van der Waals surface area contributed by atoms with Crippen molar-refractivity contribution >= 4 is 11.9 Å². The van der Waals surface area contributed by atoms with Gasteiger partial charge in [-0.1, -0.05) is 71.6 Å². The first kappa shape index (κ1) is 27.0. The Kier molecular flexibility index (Phi) is 9.94. The summed E-state index contributed by atoms with van der Waals surface area (Å²) in [4.78, 5) is 24.5. The van der Waals surface area contributed by atoms with Crippen LogP contribution < -0.4 is 4.74 Å². The summed E-state index contributed by atoms with van der Waals surface area (Å²) in [5, 5.41) is 9.52. The van der Waals surface area contributed by atoms with Crippen LogP contribution in [0.15, 0.2) is 36.4 Å². The van der Waals surface area contributed by atoms with Crippen molar-refractivity contribution in [3.63, 3.8) is 0 Å². The number of ether oxygens (including phenoxy) is 1. The Labute approximate surface area is 211 Å².